The van der Waals surface area contributed by atoms with Gasteiger partial charge >= 0.3 is 0 Å². The molecule has 4 heteroatoms. The van der Waals surface area contributed by atoms with E-state index in [4.69, 9.17) is 0 Å². The number of ketones is 1. The van der Waals surface area contributed by atoms with E-state index in [2.05, 4.69) is 10.6 Å². The summed E-state index contributed by atoms with van der Waals surface area (Å²) in [6, 6.07) is 17.3. The molecule has 1 atom stereocenters. The molecule has 0 unspecified atom stereocenters. The van der Waals surface area contributed by atoms with Crippen molar-refractivity contribution in [3.8, 4) is 0 Å². The molecule has 0 saturated carbocycles. The maximum absolute atomic E-state index is 13.4. The highest BCUT2D eigenvalue weighted by atomic mass is 16.2. The summed E-state index contributed by atoms with van der Waals surface area (Å²) in [5.74, 6) is -0.294. The molecular formula is C22H26N2O2. The fourth-order valence-electron chi connectivity index (χ4n) is 3.41. The second-order valence-corrected chi connectivity index (χ2v) is 7.99. The van der Waals surface area contributed by atoms with Crippen LogP contribution in [0.1, 0.15) is 43.1 Å². The average molecular weight is 350 g/mol. The molecule has 0 fully saturated rings. The SMILES string of the molecule is CC(C)(C)NC(=O)[C@@]1(CNc2ccccc2)CCc2ccccc2C1=O. The molecule has 0 heterocycles. The number of anilines is 1. The molecule has 1 aliphatic rings. The van der Waals surface area contributed by atoms with Crippen LogP contribution in [0, 0.1) is 5.41 Å². The van der Waals surface area contributed by atoms with Gasteiger partial charge in [0, 0.05) is 23.3 Å². The van der Waals surface area contributed by atoms with Crippen LogP contribution in [0.4, 0.5) is 5.69 Å². The van der Waals surface area contributed by atoms with Crippen LogP contribution in [0.15, 0.2) is 54.6 Å². The molecule has 1 amide bonds. The molecule has 1 aliphatic carbocycles. The fourth-order valence-corrected chi connectivity index (χ4v) is 3.41. The summed E-state index contributed by atoms with van der Waals surface area (Å²) in [5.41, 5.74) is 1.10. The summed E-state index contributed by atoms with van der Waals surface area (Å²) in [6.45, 7) is 6.09. The zero-order chi connectivity index (χ0) is 18.8. The zero-order valence-corrected chi connectivity index (χ0v) is 15.6. The maximum atomic E-state index is 13.4. The van der Waals surface area contributed by atoms with Crippen LogP contribution < -0.4 is 10.6 Å². The number of nitrogens with one attached hydrogen (secondary N) is 2. The molecule has 2 aromatic rings. The summed E-state index contributed by atoms with van der Waals surface area (Å²) in [5, 5.41) is 6.33. The summed E-state index contributed by atoms with van der Waals surface area (Å²) in [7, 11) is 0. The fraction of sp³-hybridized carbons (Fsp3) is 0.364. The number of Topliss-reactive ketones (excluding diaryl/α,β-unsaturated/α-hetero) is 1. The first-order chi connectivity index (χ1) is 12.3. The van der Waals surface area contributed by atoms with Crippen molar-refractivity contribution >= 4 is 17.4 Å². The van der Waals surface area contributed by atoms with Crippen LogP contribution in [-0.4, -0.2) is 23.8 Å². The van der Waals surface area contributed by atoms with Gasteiger partial charge in [-0.25, -0.2) is 0 Å². The van der Waals surface area contributed by atoms with E-state index in [0.29, 0.717) is 12.0 Å². The van der Waals surface area contributed by atoms with E-state index in [9.17, 15) is 9.59 Å². The van der Waals surface area contributed by atoms with Gasteiger partial charge in [-0.05, 0) is 51.3 Å². The van der Waals surface area contributed by atoms with Gasteiger partial charge in [-0.2, -0.15) is 0 Å². The van der Waals surface area contributed by atoms with Crippen molar-refractivity contribution in [1.29, 1.82) is 0 Å². The van der Waals surface area contributed by atoms with Gasteiger partial charge < -0.3 is 10.6 Å². The van der Waals surface area contributed by atoms with E-state index in [-0.39, 0.29) is 18.2 Å². The molecule has 4 nitrogen and oxygen atoms in total. The minimum absolute atomic E-state index is 0.0930. The van der Waals surface area contributed by atoms with Gasteiger partial charge in [0.05, 0.1) is 0 Å². The molecule has 0 saturated heterocycles. The van der Waals surface area contributed by atoms with Gasteiger partial charge in [0.1, 0.15) is 5.41 Å². The van der Waals surface area contributed by atoms with E-state index < -0.39 is 11.0 Å². The quantitative estimate of drug-likeness (QED) is 0.824. The van der Waals surface area contributed by atoms with Crippen molar-refractivity contribution in [1.82, 2.24) is 5.32 Å². The number of carbonyl (C=O) groups excluding carboxylic acids is 2. The summed E-state index contributed by atoms with van der Waals surface area (Å²) >= 11 is 0. The number of benzene rings is 2. The molecule has 3 rings (SSSR count). The number of hydrogen-bond acceptors (Lipinski definition) is 3. The van der Waals surface area contributed by atoms with Crippen molar-refractivity contribution in [3.05, 3.63) is 65.7 Å². The Balaban J connectivity index is 1.94. The molecule has 0 aliphatic heterocycles. The number of aryl methyl sites for hydroxylation is 1. The summed E-state index contributed by atoms with van der Waals surface area (Å²) < 4.78 is 0. The highest BCUT2D eigenvalue weighted by Gasteiger charge is 2.49. The number of carbonyl (C=O) groups is 2. The Labute approximate surface area is 155 Å². The maximum Gasteiger partial charge on any atom is 0.236 e. The van der Waals surface area contributed by atoms with Gasteiger partial charge in [-0.1, -0.05) is 42.5 Å². The van der Waals surface area contributed by atoms with Crippen molar-refractivity contribution in [2.24, 2.45) is 5.41 Å². The Hall–Kier alpha value is -2.62. The normalized spacial score (nSPS) is 19.6. The minimum atomic E-state index is -1.10. The minimum Gasteiger partial charge on any atom is -0.383 e. The Kier molecular flexibility index (Phi) is 4.86. The number of para-hydroxylation sites is 1. The topological polar surface area (TPSA) is 58.2 Å². The largest absolute Gasteiger partial charge is 0.383 e. The molecule has 0 spiro atoms. The zero-order valence-electron chi connectivity index (χ0n) is 15.6. The number of amides is 1. The predicted molar refractivity (Wildman–Crippen MR) is 104 cm³/mol. The molecule has 0 bridgehead atoms. The molecule has 2 N–H and O–H groups in total. The van der Waals surface area contributed by atoms with Gasteiger partial charge in [0.2, 0.25) is 5.91 Å². The molecule has 26 heavy (non-hydrogen) atoms. The first-order valence-corrected chi connectivity index (χ1v) is 9.06. The van der Waals surface area contributed by atoms with Crippen LogP contribution in [0.3, 0.4) is 0 Å². The highest BCUT2D eigenvalue weighted by molar-refractivity contribution is 6.16. The van der Waals surface area contributed by atoms with Gasteiger partial charge in [-0.3, -0.25) is 9.59 Å². The van der Waals surface area contributed by atoms with Crippen molar-refractivity contribution < 1.29 is 9.59 Å². The van der Waals surface area contributed by atoms with Gasteiger partial charge in [0.25, 0.3) is 0 Å². The van der Waals surface area contributed by atoms with Crippen LogP contribution >= 0.6 is 0 Å². The lowest BCUT2D eigenvalue weighted by Crippen LogP contribution is -2.56. The van der Waals surface area contributed by atoms with Crippen molar-refractivity contribution in [3.63, 3.8) is 0 Å². The highest BCUT2D eigenvalue weighted by Crippen LogP contribution is 2.36. The average Bonchev–Trinajstić information content (AvgIpc) is 2.61. The van der Waals surface area contributed by atoms with E-state index in [1.165, 1.54) is 0 Å². The van der Waals surface area contributed by atoms with Crippen LogP contribution in [-0.2, 0) is 11.2 Å². The second kappa shape index (κ2) is 6.94. The van der Waals surface area contributed by atoms with E-state index in [0.717, 1.165) is 17.7 Å². The Bertz CT molecular complexity index is 808. The number of hydrogen-bond donors (Lipinski definition) is 2. The van der Waals surface area contributed by atoms with E-state index >= 15 is 0 Å². The molecule has 0 aromatic heterocycles. The summed E-state index contributed by atoms with van der Waals surface area (Å²) in [4.78, 5) is 26.6. The Morgan fingerprint density at radius 1 is 1.04 bits per heavy atom. The van der Waals surface area contributed by atoms with Crippen molar-refractivity contribution in [2.75, 3.05) is 11.9 Å². The number of rotatable bonds is 4. The third-order valence-electron chi connectivity index (χ3n) is 4.81. The third kappa shape index (κ3) is 3.64. The third-order valence-corrected chi connectivity index (χ3v) is 4.81. The van der Waals surface area contributed by atoms with Gasteiger partial charge in [0.15, 0.2) is 5.78 Å². The molecule has 2 aromatic carbocycles. The molecular weight excluding hydrogens is 324 g/mol. The first-order valence-electron chi connectivity index (χ1n) is 9.06. The standard InChI is InChI=1S/C22H26N2O2/c1-21(2,3)24-20(26)22(15-23-17-10-5-4-6-11-17)14-13-16-9-7-8-12-18(16)19(22)25/h4-12,23H,13-15H2,1-3H3,(H,24,26)/t22-/m1/s1. The summed E-state index contributed by atoms with van der Waals surface area (Å²) in [6.07, 6.45) is 1.22. The number of fused-ring (bicyclic) bond motifs is 1. The Morgan fingerprint density at radius 2 is 1.69 bits per heavy atom. The van der Waals surface area contributed by atoms with Crippen LogP contribution in [0.2, 0.25) is 0 Å². The van der Waals surface area contributed by atoms with E-state index in [1.54, 1.807) is 0 Å². The van der Waals surface area contributed by atoms with Crippen LogP contribution in [0.25, 0.3) is 0 Å². The van der Waals surface area contributed by atoms with Crippen molar-refractivity contribution in [2.45, 2.75) is 39.2 Å². The van der Waals surface area contributed by atoms with Gasteiger partial charge in [-0.15, -0.1) is 0 Å². The molecule has 0 radical (unpaired) electrons. The monoisotopic (exact) mass is 350 g/mol. The lowest BCUT2D eigenvalue weighted by Gasteiger charge is -2.37. The lowest BCUT2D eigenvalue weighted by atomic mass is 9.69. The molecule has 136 valence electrons. The first kappa shape index (κ1) is 18.2. The van der Waals surface area contributed by atoms with E-state index in [1.807, 2.05) is 75.4 Å². The predicted octanol–water partition coefficient (Wildman–Crippen LogP) is 3.83. The van der Waals surface area contributed by atoms with Crippen LogP contribution in [0.5, 0.6) is 0 Å². The smallest absolute Gasteiger partial charge is 0.236 e. The lowest BCUT2D eigenvalue weighted by molar-refractivity contribution is -0.129. The Morgan fingerprint density at radius 3 is 2.38 bits per heavy atom. The second-order valence-electron chi connectivity index (χ2n) is 7.99.